The number of hydrogen-bond acceptors (Lipinski definition) is 3. The van der Waals surface area contributed by atoms with Gasteiger partial charge in [0.2, 0.25) is 0 Å². The van der Waals surface area contributed by atoms with E-state index < -0.39 is 6.10 Å². The van der Waals surface area contributed by atoms with E-state index in [-0.39, 0.29) is 0 Å². The Kier molecular flexibility index (Phi) is 5.14. The molecule has 0 heterocycles. The molecule has 20 heavy (non-hydrogen) atoms. The maximum Gasteiger partial charge on any atom is 0.0991 e. The Morgan fingerprint density at radius 2 is 1.75 bits per heavy atom. The molecular weight excluding hydrogens is 272 g/mol. The fourth-order valence-corrected chi connectivity index (χ4v) is 1.98. The second kappa shape index (κ2) is 7.06. The lowest BCUT2D eigenvalue weighted by Gasteiger charge is -2.12. The predicted molar refractivity (Wildman–Crippen MR) is 79.3 cm³/mol. The Morgan fingerprint density at radius 1 is 1.10 bits per heavy atom. The van der Waals surface area contributed by atoms with Crippen LogP contribution in [0.3, 0.4) is 0 Å². The van der Waals surface area contributed by atoms with E-state index >= 15 is 0 Å². The highest BCUT2D eigenvalue weighted by Gasteiger charge is 2.06. The molecule has 3 nitrogen and oxygen atoms in total. The first kappa shape index (κ1) is 14.5. The molecule has 0 saturated carbocycles. The Labute approximate surface area is 123 Å². The van der Waals surface area contributed by atoms with Crippen molar-refractivity contribution >= 4 is 11.6 Å². The molecular formula is C16H15ClN2O. The summed E-state index contributed by atoms with van der Waals surface area (Å²) in [5.74, 6) is 0. The summed E-state index contributed by atoms with van der Waals surface area (Å²) in [5.41, 5.74) is 2.56. The third-order valence-electron chi connectivity index (χ3n) is 3.00. The molecule has 0 aromatic heterocycles. The highest BCUT2D eigenvalue weighted by Crippen LogP contribution is 2.15. The van der Waals surface area contributed by atoms with Crippen LogP contribution in [0, 0.1) is 11.3 Å². The van der Waals surface area contributed by atoms with E-state index in [1.165, 1.54) is 0 Å². The minimum Gasteiger partial charge on any atom is -0.387 e. The van der Waals surface area contributed by atoms with Crippen LogP contribution in [0.4, 0.5) is 0 Å². The van der Waals surface area contributed by atoms with E-state index in [4.69, 9.17) is 16.9 Å². The highest BCUT2D eigenvalue weighted by molar-refractivity contribution is 6.30. The van der Waals surface area contributed by atoms with Crippen molar-refractivity contribution in [1.29, 1.82) is 5.26 Å². The highest BCUT2D eigenvalue weighted by atomic mass is 35.5. The fourth-order valence-electron chi connectivity index (χ4n) is 1.85. The van der Waals surface area contributed by atoms with Crippen molar-refractivity contribution < 1.29 is 5.11 Å². The lowest BCUT2D eigenvalue weighted by atomic mass is 10.1. The van der Waals surface area contributed by atoms with Crippen molar-refractivity contribution in [2.24, 2.45) is 0 Å². The number of nitrogens with one attached hydrogen (secondary N) is 1. The van der Waals surface area contributed by atoms with Crippen LogP contribution in [-0.4, -0.2) is 11.7 Å². The summed E-state index contributed by atoms with van der Waals surface area (Å²) >= 11 is 5.81. The van der Waals surface area contributed by atoms with Gasteiger partial charge in [0.25, 0.3) is 0 Å². The molecule has 0 fully saturated rings. The van der Waals surface area contributed by atoms with Crippen molar-refractivity contribution in [2.75, 3.05) is 6.54 Å². The van der Waals surface area contributed by atoms with Gasteiger partial charge in [0.1, 0.15) is 0 Å². The first-order valence-electron chi connectivity index (χ1n) is 6.32. The van der Waals surface area contributed by atoms with Crippen LogP contribution in [0.2, 0.25) is 5.02 Å². The molecule has 1 unspecified atom stereocenters. The minimum atomic E-state index is -0.564. The topological polar surface area (TPSA) is 56.0 Å². The molecule has 0 bridgehead atoms. The molecule has 4 heteroatoms. The fraction of sp³-hybridized carbons (Fsp3) is 0.188. The molecule has 0 spiro atoms. The number of benzene rings is 2. The monoisotopic (exact) mass is 286 g/mol. The van der Waals surface area contributed by atoms with Gasteiger partial charge in [-0.3, -0.25) is 0 Å². The van der Waals surface area contributed by atoms with Gasteiger partial charge in [-0.2, -0.15) is 5.26 Å². The lowest BCUT2D eigenvalue weighted by Crippen LogP contribution is -2.21. The van der Waals surface area contributed by atoms with E-state index in [1.54, 1.807) is 24.3 Å². The van der Waals surface area contributed by atoms with Crippen LogP contribution < -0.4 is 5.32 Å². The summed E-state index contributed by atoms with van der Waals surface area (Å²) in [6.07, 6.45) is -0.564. The molecule has 0 saturated heterocycles. The number of nitrogens with zero attached hydrogens (tertiary/aromatic N) is 1. The smallest absolute Gasteiger partial charge is 0.0991 e. The Bertz CT molecular complexity index is 587. The zero-order valence-electron chi connectivity index (χ0n) is 10.9. The summed E-state index contributed by atoms with van der Waals surface area (Å²) in [4.78, 5) is 0. The summed E-state index contributed by atoms with van der Waals surface area (Å²) in [6, 6.07) is 16.6. The number of rotatable bonds is 5. The standard InChI is InChI=1S/C16H15ClN2O/c17-15-7-5-14(6-8-15)16(20)11-19-10-13-3-1-12(9-18)2-4-13/h1-8,16,19-20H,10-11H2. The third-order valence-corrected chi connectivity index (χ3v) is 3.26. The maximum atomic E-state index is 10.0. The largest absolute Gasteiger partial charge is 0.387 e. The van der Waals surface area contributed by atoms with Crippen molar-refractivity contribution in [3.05, 3.63) is 70.2 Å². The van der Waals surface area contributed by atoms with Crippen LogP contribution in [0.25, 0.3) is 0 Å². The molecule has 0 aliphatic carbocycles. The average molecular weight is 287 g/mol. The second-order valence-electron chi connectivity index (χ2n) is 4.51. The zero-order chi connectivity index (χ0) is 14.4. The van der Waals surface area contributed by atoms with Gasteiger partial charge in [0, 0.05) is 18.1 Å². The zero-order valence-corrected chi connectivity index (χ0v) is 11.6. The van der Waals surface area contributed by atoms with Crippen LogP contribution in [0.15, 0.2) is 48.5 Å². The summed E-state index contributed by atoms with van der Waals surface area (Å²) < 4.78 is 0. The van der Waals surface area contributed by atoms with Gasteiger partial charge in [-0.15, -0.1) is 0 Å². The molecule has 2 rings (SSSR count). The van der Waals surface area contributed by atoms with Gasteiger partial charge in [0.15, 0.2) is 0 Å². The average Bonchev–Trinajstić information content (AvgIpc) is 2.48. The molecule has 0 aliphatic heterocycles. The van der Waals surface area contributed by atoms with Crippen molar-refractivity contribution in [3.63, 3.8) is 0 Å². The molecule has 0 aliphatic rings. The van der Waals surface area contributed by atoms with Gasteiger partial charge in [-0.1, -0.05) is 35.9 Å². The minimum absolute atomic E-state index is 0.460. The van der Waals surface area contributed by atoms with E-state index in [0.29, 0.717) is 23.7 Å². The number of aliphatic hydroxyl groups excluding tert-OH is 1. The Hall–Kier alpha value is -1.86. The molecule has 2 aromatic rings. The molecule has 0 radical (unpaired) electrons. The number of aliphatic hydroxyl groups is 1. The van der Waals surface area contributed by atoms with Crippen LogP contribution >= 0.6 is 11.6 Å². The van der Waals surface area contributed by atoms with Gasteiger partial charge in [0.05, 0.1) is 17.7 Å². The van der Waals surface area contributed by atoms with Crippen molar-refractivity contribution in [2.45, 2.75) is 12.6 Å². The quantitative estimate of drug-likeness (QED) is 0.888. The number of nitriles is 1. The van der Waals surface area contributed by atoms with Crippen molar-refractivity contribution in [1.82, 2.24) is 5.32 Å². The maximum absolute atomic E-state index is 10.0. The predicted octanol–water partition coefficient (Wildman–Crippen LogP) is 3.03. The Morgan fingerprint density at radius 3 is 2.35 bits per heavy atom. The normalized spacial score (nSPS) is 11.8. The molecule has 2 aromatic carbocycles. The molecule has 0 amide bonds. The molecule has 1 atom stereocenters. The van der Waals surface area contributed by atoms with Crippen molar-refractivity contribution in [3.8, 4) is 6.07 Å². The first-order chi connectivity index (χ1) is 9.69. The Balaban J connectivity index is 1.83. The first-order valence-corrected chi connectivity index (χ1v) is 6.70. The SMILES string of the molecule is N#Cc1ccc(CNCC(O)c2ccc(Cl)cc2)cc1. The number of halogens is 1. The summed E-state index contributed by atoms with van der Waals surface area (Å²) in [7, 11) is 0. The van der Waals surface area contributed by atoms with Gasteiger partial charge in [-0.25, -0.2) is 0 Å². The van der Waals surface area contributed by atoms with E-state index in [0.717, 1.165) is 11.1 Å². The lowest BCUT2D eigenvalue weighted by molar-refractivity contribution is 0.174. The van der Waals surface area contributed by atoms with Crippen LogP contribution in [-0.2, 0) is 6.54 Å². The molecule has 2 N–H and O–H groups in total. The molecule has 102 valence electrons. The second-order valence-corrected chi connectivity index (χ2v) is 4.94. The summed E-state index contributed by atoms with van der Waals surface area (Å²) in [6.45, 7) is 1.11. The van der Waals surface area contributed by atoms with Crippen LogP contribution in [0.5, 0.6) is 0 Å². The van der Waals surface area contributed by atoms with Gasteiger partial charge < -0.3 is 10.4 Å². The summed E-state index contributed by atoms with van der Waals surface area (Å²) in [5, 5.41) is 22.6. The van der Waals surface area contributed by atoms with Crippen LogP contribution in [0.1, 0.15) is 22.8 Å². The van der Waals surface area contributed by atoms with E-state index in [9.17, 15) is 5.11 Å². The van der Waals surface area contributed by atoms with Gasteiger partial charge in [-0.05, 0) is 35.4 Å². The van der Waals surface area contributed by atoms with E-state index in [1.807, 2.05) is 24.3 Å². The van der Waals surface area contributed by atoms with Gasteiger partial charge >= 0.3 is 0 Å². The third kappa shape index (κ3) is 4.07. The van der Waals surface area contributed by atoms with E-state index in [2.05, 4.69) is 11.4 Å². The number of hydrogen-bond donors (Lipinski definition) is 2.